The predicted octanol–water partition coefficient (Wildman–Crippen LogP) is 6.12. The summed E-state index contributed by atoms with van der Waals surface area (Å²) in [5, 5.41) is 5.86. The number of benzene rings is 2. The van der Waals surface area contributed by atoms with E-state index in [1.807, 2.05) is 12.1 Å². The topological polar surface area (TPSA) is 50.4 Å². The van der Waals surface area contributed by atoms with Crippen molar-refractivity contribution < 1.29 is 22.7 Å². The fourth-order valence-corrected chi connectivity index (χ4v) is 2.55. The molecule has 0 heterocycles. The molecule has 2 N–H and O–H groups in total. The maximum Gasteiger partial charge on any atom is 0.416 e. The third-order valence-corrected chi connectivity index (χ3v) is 4.16. The molecule has 2 aromatic carbocycles. The van der Waals surface area contributed by atoms with Crippen molar-refractivity contribution in [2.45, 2.75) is 31.9 Å². The number of urea groups is 1. The van der Waals surface area contributed by atoms with Crippen LogP contribution >= 0.6 is 11.6 Å². The molecule has 0 aliphatic heterocycles. The second-order valence-electron chi connectivity index (χ2n) is 6.17. The summed E-state index contributed by atoms with van der Waals surface area (Å²) >= 11 is 5.80. The lowest BCUT2D eigenvalue weighted by molar-refractivity contribution is -0.137. The Bertz CT molecular complexity index is 735. The van der Waals surface area contributed by atoms with E-state index in [0.717, 1.165) is 43.6 Å². The molecule has 0 spiro atoms. The Morgan fingerprint density at radius 2 is 1.57 bits per heavy atom. The van der Waals surface area contributed by atoms with Crippen molar-refractivity contribution in [3.05, 3.63) is 59.1 Å². The Kier molecular flexibility index (Phi) is 8.44. The molecule has 0 radical (unpaired) electrons. The molecule has 8 heteroatoms. The smallest absolute Gasteiger partial charge is 0.416 e. The van der Waals surface area contributed by atoms with Crippen molar-refractivity contribution in [2.24, 2.45) is 0 Å². The monoisotopic (exact) mass is 414 g/mol. The second kappa shape index (κ2) is 10.8. The summed E-state index contributed by atoms with van der Waals surface area (Å²) in [5.74, 6) is 0.783. The normalized spacial score (nSPS) is 11.1. The minimum atomic E-state index is -4.39. The Hall–Kier alpha value is -2.41. The number of carbonyl (C=O) groups is 1. The van der Waals surface area contributed by atoms with Crippen LogP contribution in [0.5, 0.6) is 5.75 Å². The molecular formula is C20H22ClF3N2O2. The molecular weight excluding hydrogens is 393 g/mol. The Labute approximate surface area is 167 Å². The first-order valence-corrected chi connectivity index (χ1v) is 9.33. The molecule has 152 valence electrons. The highest BCUT2D eigenvalue weighted by Crippen LogP contribution is 2.29. The average molecular weight is 415 g/mol. The van der Waals surface area contributed by atoms with Gasteiger partial charge in [0.25, 0.3) is 0 Å². The lowest BCUT2D eigenvalue weighted by Gasteiger charge is -2.10. The number of rotatable bonds is 9. The molecule has 2 aromatic rings. The van der Waals surface area contributed by atoms with E-state index in [1.165, 1.54) is 12.1 Å². The Morgan fingerprint density at radius 1 is 0.929 bits per heavy atom. The quantitative estimate of drug-likeness (QED) is 0.485. The molecule has 4 nitrogen and oxygen atoms in total. The number of anilines is 1. The first kappa shape index (κ1) is 21.9. The number of halogens is 4. The van der Waals surface area contributed by atoms with Crippen LogP contribution in [0.15, 0.2) is 48.5 Å². The number of unbranched alkanes of at least 4 members (excludes halogenated alkanes) is 3. The molecule has 2 amide bonds. The molecule has 0 fully saturated rings. The number of hydrogen-bond donors (Lipinski definition) is 2. The lowest BCUT2D eigenvalue weighted by Crippen LogP contribution is -2.29. The highest BCUT2D eigenvalue weighted by Gasteiger charge is 2.29. The lowest BCUT2D eigenvalue weighted by atomic mass is 10.2. The predicted molar refractivity (Wildman–Crippen MR) is 104 cm³/mol. The number of nitrogens with one attached hydrogen (secondary N) is 2. The first-order chi connectivity index (χ1) is 13.3. The maximum absolute atomic E-state index is 12.5. The number of hydrogen-bond acceptors (Lipinski definition) is 2. The third-order valence-electron chi connectivity index (χ3n) is 3.91. The van der Waals surface area contributed by atoms with Gasteiger partial charge in [0.15, 0.2) is 0 Å². The average Bonchev–Trinajstić information content (AvgIpc) is 2.65. The zero-order valence-electron chi connectivity index (χ0n) is 15.2. The SMILES string of the molecule is O=C(NCCCCCCOc1ccc(Cl)cc1)Nc1ccc(C(F)(F)F)cc1. The van der Waals surface area contributed by atoms with E-state index in [2.05, 4.69) is 10.6 Å². The van der Waals surface area contributed by atoms with Crippen molar-refractivity contribution in [2.75, 3.05) is 18.5 Å². The first-order valence-electron chi connectivity index (χ1n) is 8.95. The van der Waals surface area contributed by atoms with Gasteiger partial charge in [-0.1, -0.05) is 24.4 Å². The molecule has 28 heavy (non-hydrogen) atoms. The zero-order chi connectivity index (χ0) is 20.4. The van der Waals surface area contributed by atoms with Crippen LogP contribution in [-0.4, -0.2) is 19.2 Å². The molecule has 0 aliphatic carbocycles. The minimum absolute atomic E-state index is 0.310. The molecule has 0 unspecified atom stereocenters. The van der Waals surface area contributed by atoms with Crippen LogP contribution in [0, 0.1) is 0 Å². The molecule has 0 bridgehead atoms. The minimum Gasteiger partial charge on any atom is -0.494 e. The fourth-order valence-electron chi connectivity index (χ4n) is 2.42. The van der Waals surface area contributed by atoms with E-state index in [0.29, 0.717) is 23.9 Å². The Balaban J connectivity index is 1.52. The summed E-state index contributed by atoms with van der Waals surface area (Å²) in [4.78, 5) is 11.7. The van der Waals surface area contributed by atoms with Gasteiger partial charge in [0.05, 0.1) is 12.2 Å². The van der Waals surface area contributed by atoms with Crippen LogP contribution in [0.4, 0.5) is 23.7 Å². The van der Waals surface area contributed by atoms with Crippen molar-refractivity contribution >= 4 is 23.3 Å². The summed E-state index contributed by atoms with van der Waals surface area (Å²) < 4.78 is 43.1. The van der Waals surface area contributed by atoms with Crippen molar-refractivity contribution in [3.8, 4) is 5.75 Å². The molecule has 0 aromatic heterocycles. The van der Waals surface area contributed by atoms with Gasteiger partial charge in [-0.2, -0.15) is 13.2 Å². The van der Waals surface area contributed by atoms with Gasteiger partial charge in [0.2, 0.25) is 0 Å². The fraction of sp³-hybridized carbons (Fsp3) is 0.350. The largest absolute Gasteiger partial charge is 0.494 e. The number of ether oxygens (including phenoxy) is 1. The molecule has 0 saturated carbocycles. The van der Waals surface area contributed by atoms with E-state index in [9.17, 15) is 18.0 Å². The van der Waals surface area contributed by atoms with Crippen molar-refractivity contribution in [1.82, 2.24) is 5.32 Å². The third kappa shape index (κ3) is 8.08. The summed E-state index contributed by atoms with van der Waals surface area (Å²) in [6.45, 7) is 1.11. The van der Waals surface area contributed by atoms with E-state index < -0.39 is 17.8 Å². The highest BCUT2D eigenvalue weighted by atomic mass is 35.5. The summed E-state index contributed by atoms with van der Waals surface area (Å²) in [5.41, 5.74) is -0.441. The van der Waals surface area contributed by atoms with Crippen LogP contribution < -0.4 is 15.4 Å². The molecule has 0 aliphatic rings. The summed E-state index contributed by atoms with van der Waals surface area (Å²) in [6.07, 6.45) is -0.775. The highest BCUT2D eigenvalue weighted by molar-refractivity contribution is 6.30. The van der Waals surface area contributed by atoms with E-state index in [1.54, 1.807) is 12.1 Å². The van der Waals surface area contributed by atoms with Gasteiger partial charge < -0.3 is 15.4 Å². The van der Waals surface area contributed by atoms with E-state index >= 15 is 0 Å². The molecule has 0 atom stereocenters. The maximum atomic E-state index is 12.5. The molecule has 0 saturated heterocycles. The Morgan fingerprint density at radius 3 is 2.21 bits per heavy atom. The van der Waals surface area contributed by atoms with Crippen molar-refractivity contribution in [3.63, 3.8) is 0 Å². The summed E-state index contributed by atoms with van der Waals surface area (Å²) in [7, 11) is 0. The van der Waals surface area contributed by atoms with Crippen LogP contribution in [-0.2, 0) is 6.18 Å². The van der Waals surface area contributed by atoms with Gasteiger partial charge in [-0.25, -0.2) is 4.79 Å². The van der Waals surface area contributed by atoms with Gasteiger partial charge >= 0.3 is 12.2 Å². The summed E-state index contributed by atoms with van der Waals surface area (Å²) in [6, 6.07) is 11.1. The van der Waals surface area contributed by atoms with Crippen molar-refractivity contribution in [1.29, 1.82) is 0 Å². The van der Waals surface area contributed by atoms with Crippen LogP contribution in [0.3, 0.4) is 0 Å². The van der Waals surface area contributed by atoms with Gasteiger partial charge in [0.1, 0.15) is 5.75 Å². The van der Waals surface area contributed by atoms with E-state index in [-0.39, 0.29) is 0 Å². The van der Waals surface area contributed by atoms with Gasteiger partial charge in [-0.05, 0) is 61.4 Å². The number of carbonyl (C=O) groups excluding carboxylic acids is 1. The zero-order valence-corrected chi connectivity index (χ0v) is 15.9. The van der Waals surface area contributed by atoms with Crippen LogP contribution in [0.2, 0.25) is 5.02 Å². The van der Waals surface area contributed by atoms with Crippen LogP contribution in [0.25, 0.3) is 0 Å². The molecule has 2 rings (SSSR count). The van der Waals surface area contributed by atoms with Crippen LogP contribution in [0.1, 0.15) is 31.2 Å². The van der Waals surface area contributed by atoms with Gasteiger partial charge in [0, 0.05) is 17.3 Å². The standard InChI is InChI=1S/C20H22ClF3N2O2/c21-16-7-11-18(12-8-16)28-14-4-2-1-3-13-25-19(27)26-17-9-5-15(6-10-17)20(22,23)24/h5-12H,1-4,13-14H2,(H2,25,26,27). The van der Waals surface area contributed by atoms with Gasteiger partial charge in [-0.15, -0.1) is 0 Å². The van der Waals surface area contributed by atoms with E-state index in [4.69, 9.17) is 16.3 Å². The number of alkyl halides is 3. The second-order valence-corrected chi connectivity index (χ2v) is 6.61. The van der Waals surface area contributed by atoms with Gasteiger partial charge in [-0.3, -0.25) is 0 Å². The number of amides is 2.